The number of aryl methyl sites for hydroxylation is 1. The topological polar surface area (TPSA) is 105 Å². The van der Waals surface area contributed by atoms with Crippen molar-refractivity contribution in [3.05, 3.63) is 11.4 Å². The average molecular weight is 482 g/mol. The van der Waals surface area contributed by atoms with Crippen molar-refractivity contribution in [3.63, 3.8) is 0 Å². The van der Waals surface area contributed by atoms with E-state index in [2.05, 4.69) is 17.3 Å². The molecule has 0 aromatic carbocycles. The van der Waals surface area contributed by atoms with Crippen LogP contribution < -0.4 is 5.32 Å². The lowest BCUT2D eigenvalue weighted by Gasteiger charge is -2.36. The standard InChI is InChI=1S/C23H39N5O4S/c1-16-9-12-26(13-10-16)22(30)19-8-7-11-27(14-19)33(31,32)21-17(2)25-28(18(21)3)15-20(29)24-23(4,5)6/h16,19H,7-15H2,1-6H3,(H,24,29)/t19-/m0/s1. The van der Waals surface area contributed by atoms with Gasteiger partial charge in [0.2, 0.25) is 21.8 Å². The van der Waals surface area contributed by atoms with E-state index in [4.69, 9.17) is 0 Å². The number of carbonyl (C=O) groups excluding carboxylic acids is 2. The molecule has 33 heavy (non-hydrogen) atoms. The predicted octanol–water partition coefficient (Wildman–Crippen LogP) is 2.07. The van der Waals surface area contributed by atoms with Gasteiger partial charge in [-0.1, -0.05) is 6.92 Å². The molecule has 10 heteroatoms. The van der Waals surface area contributed by atoms with Gasteiger partial charge in [0.05, 0.1) is 17.3 Å². The minimum atomic E-state index is -3.83. The molecule has 2 saturated heterocycles. The molecular formula is C23H39N5O4S. The molecule has 186 valence electrons. The molecule has 1 N–H and O–H groups in total. The molecule has 1 aromatic heterocycles. The van der Waals surface area contributed by atoms with Gasteiger partial charge in [-0.3, -0.25) is 14.3 Å². The van der Waals surface area contributed by atoms with E-state index >= 15 is 0 Å². The quantitative estimate of drug-likeness (QED) is 0.693. The number of nitrogens with one attached hydrogen (secondary N) is 1. The number of amides is 2. The molecule has 3 heterocycles. The molecule has 2 fully saturated rings. The lowest BCUT2D eigenvalue weighted by Crippen LogP contribution is -2.48. The first-order valence-electron chi connectivity index (χ1n) is 11.9. The van der Waals surface area contributed by atoms with E-state index in [1.165, 1.54) is 8.99 Å². The van der Waals surface area contributed by atoms with Crippen molar-refractivity contribution in [3.8, 4) is 0 Å². The van der Waals surface area contributed by atoms with E-state index in [1.807, 2.05) is 25.7 Å². The zero-order chi connectivity index (χ0) is 24.6. The molecule has 0 saturated carbocycles. The summed E-state index contributed by atoms with van der Waals surface area (Å²) in [5.41, 5.74) is 0.425. The van der Waals surface area contributed by atoms with Crippen LogP contribution >= 0.6 is 0 Å². The van der Waals surface area contributed by atoms with Crippen LogP contribution in [0.1, 0.15) is 64.8 Å². The number of piperidine rings is 2. The van der Waals surface area contributed by atoms with Gasteiger partial charge in [-0.2, -0.15) is 9.40 Å². The first kappa shape index (κ1) is 25.7. The van der Waals surface area contributed by atoms with Crippen LogP contribution in [0.2, 0.25) is 0 Å². The molecule has 9 nitrogen and oxygen atoms in total. The second-order valence-electron chi connectivity index (χ2n) is 10.7. The molecule has 1 aromatic rings. The second kappa shape index (κ2) is 9.74. The molecule has 0 aliphatic carbocycles. The highest BCUT2D eigenvalue weighted by atomic mass is 32.2. The lowest BCUT2D eigenvalue weighted by atomic mass is 9.94. The minimum absolute atomic E-state index is 0.0477. The van der Waals surface area contributed by atoms with Crippen LogP contribution in [0, 0.1) is 25.7 Å². The number of aromatic nitrogens is 2. The Morgan fingerprint density at radius 3 is 2.33 bits per heavy atom. The Labute approximate surface area is 197 Å². The fourth-order valence-corrected chi connectivity index (χ4v) is 6.68. The van der Waals surface area contributed by atoms with Crippen molar-refractivity contribution in [1.82, 2.24) is 24.3 Å². The second-order valence-corrected chi connectivity index (χ2v) is 12.5. The third kappa shape index (κ3) is 5.95. The molecule has 3 rings (SSSR count). The first-order valence-corrected chi connectivity index (χ1v) is 13.4. The Kier molecular flexibility index (Phi) is 7.58. The van der Waals surface area contributed by atoms with Crippen molar-refractivity contribution in [2.45, 2.75) is 84.2 Å². The van der Waals surface area contributed by atoms with E-state index < -0.39 is 10.0 Å². The summed E-state index contributed by atoms with van der Waals surface area (Å²) in [6, 6.07) is 0. The van der Waals surface area contributed by atoms with Crippen LogP contribution in [0.3, 0.4) is 0 Å². The maximum atomic E-state index is 13.6. The van der Waals surface area contributed by atoms with E-state index in [9.17, 15) is 18.0 Å². The number of likely N-dealkylation sites (tertiary alicyclic amines) is 1. The monoisotopic (exact) mass is 481 g/mol. The summed E-state index contributed by atoms with van der Waals surface area (Å²) < 4.78 is 30.1. The molecule has 0 spiro atoms. The van der Waals surface area contributed by atoms with Crippen LogP contribution in [0.25, 0.3) is 0 Å². The predicted molar refractivity (Wildman–Crippen MR) is 126 cm³/mol. The van der Waals surface area contributed by atoms with Crippen LogP contribution in [-0.2, 0) is 26.2 Å². The number of nitrogens with zero attached hydrogens (tertiary/aromatic N) is 4. The summed E-state index contributed by atoms with van der Waals surface area (Å²) in [5, 5.41) is 7.23. The summed E-state index contributed by atoms with van der Waals surface area (Å²) in [7, 11) is -3.83. The number of carbonyl (C=O) groups is 2. The largest absolute Gasteiger partial charge is 0.350 e. The van der Waals surface area contributed by atoms with E-state index in [-0.39, 0.29) is 41.3 Å². The van der Waals surface area contributed by atoms with Crippen molar-refractivity contribution in [2.24, 2.45) is 11.8 Å². The fraction of sp³-hybridized carbons (Fsp3) is 0.783. The summed E-state index contributed by atoms with van der Waals surface area (Å²) in [5.74, 6) is 0.168. The zero-order valence-corrected chi connectivity index (χ0v) is 21.7. The SMILES string of the molecule is Cc1nn(CC(=O)NC(C)(C)C)c(C)c1S(=O)(=O)N1CCC[C@H](C(=O)N2CCC(C)CC2)C1. The van der Waals surface area contributed by atoms with E-state index in [0.29, 0.717) is 36.7 Å². The summed E-state index contributed by atoms with van der Waals surface area (Å²) in [6.07, 6.45) is 3.36. The Balaban J connectivity index is 1.76. The number of rotatable bonds is 5. The molecule has 2 aliphatic rings. The van der Waals surface area contributed by atoms with Crippen molar-refractivity contribution >= 4 is 21.8 Å². The maximum Gasteiger partial charge on any atom is 0.246 e. The van der Waals surface area contributed by atoms with Crippen molar-refractivity contribution < 1.29 is 18.0 Å². The Morgan fingerprint density at radius 2 is 1.73 bits per heavy atom. The highest BCUT2D eigenvalue weighted by Crippen LogP contribution is 2.29. The molecule has 2 aliphatic heterocycles. The normalized spacial score (nSPS) is 21.3. The zero-order valence-electron chi connectivity index (χ0n) is 20.8. The van der Waals surface area contributed by atoms with Crippen LogP contribution in [-0.4, -0.2) is 70.9 Å². The first-order chi connectivity index (χ1) is 15.3. The summed E-state index contributed by atoms with van der Waals surface area (Å²) >= 11 is 0. The van der Waals surface area contributed by atoms with Crippen molar-refractivity contribution in [1.29, 1.82) is 0 Å². The molecule has 0 bridgehead atoms. The van der Waals surface area contributed by atoms with Gasteiger partial charge in [-0.15, -0.1) is 0 Å². The molecule has 2 amide bonds. The van der Waals surface area contributed by atoms with Crippen molar-refractivity contribution in [2.75, 3.05) is 26.2 Å². The highest BCUT2D eigenvalue weighted by molar-refractivity contribution is 7.89. The number of hydrogen-bond donors (Lipinski definition) is 1. The van der Waals surface area contributed by atoms with E-state index in [0.717, 1.165) is 25.9 Å². The highest BCUT2D eigenvalue weighted by Gasteiger charge is 2.38. The number of sulfonamides is 1. The Morgan fingerprint density at radius 1 is 1.09 bits per heavy atom. The summed E-state index contributed by atoms with van der Waals surface area (Å²) in [6.45, 7) is 13.2. The van der Waals surface area contributed by atoms with Gasteiger partial charge in [0, 0.05) is 31.7 Å². The smallest absolute Gasteiger partial charge is 0.246 e. The van der Waals surface area contributed by atoms with Gasteiger partial charge >= 0.3 is 0 Å². The minimum Gasteiger partial charge on any atom is -0.350 e. The third-order valence-corrected chi connectivity index (χ3v) is 8.67. The molecular weight excluding hydrogens is 442 g/mol. The molecule has 1 atom stereocenters. The molecule has 0 radical (unpaired) electrons. The van der Waals surface area contributed by atoms with Gasteiger partial charge in [0.25, 0.3) is 0 Å². The van der Waals surface area contributed by atoms with Gasteiger partial charge in [0.15, 0.2) is 0 Å². The van der Waals surface area contributed by atoms with Gasteiger partial charge in [0.1, 0.15) is 11.4 Å². The van der Waals surface area contributed by atoms with Crippen LogP contribution in [0.4, 0.5) is 0 Å². The lowest BCUT2D eigenvalue weighted by molar-refractivity contribution is -0.138. The van der Waals surface area contributed by atoms with Crippen LogP contribution in [0.15, 0.2) is 4.90 Å². The third-order valence-electron chi connectivity index (χ3n) is 6.55. The van der Waals surface area contributed by atoms with E-state index in [1.54, 1.807) is 13.8 Å². The molecule has 0 unspecified atom stereocenters. The van der Waals surface area contributed by atoms with Gasteiger partial charge < -0.3 is 10.2 Å². The average Bonchev–Trinajstić information content (AvgIpc) is 3.00. The Hall–Kier alpha value is -1.94. The van der Waals surface area contributed by atoms with Gasteiger partial charge in [-0.25, -0.2) is 8.42 Å². The van der Waals surface area contributed by atoms with Crippen LogP contribution in [0.5, 0.6) is 0 Å². The van der Waals surface area contributed by atoms with Gasteiger partial charge in [-0.05, 0) is 66.2 Å². The Bertz CT molecular complexity index is 987. The number of hydrogen-bond acceptors (Lipinski definition) is 5. The fourth-order valence-electron chi connectivity index (χ4n) is 4.78. The maximum absolute atomic E-state index is 13.6. The summed E-state index contributed by atoms with van der Waals surface area (Å²) in [4.78, 5) is 27.5.